The fourth-order valence-corrected chi connectivity index (χ4v) is 3.28. The maximum atomic E-state index is 2.73. The van der Waals surface area contributed by atoms with Crippen molar-refractivity contribution in [2.75, 3.05) is 13.1 Å². The largest absolute Gasteiger partial charge is 0.298 e. The average molecular weight is 278 g/mol. The Morgan fingerprint density at radius 3 is 1.85 bits per heavy atom. The summed E-state index contributed by atoms with van der Waals surface area (Å²) in [6.45, 7) is 23.9. The highest BCUT2D eigenvalue weighted by atomic mass is 15.2. The topological polar surface area (TPSA) is 3.24 Å². The monoisotopic (exact) mass is 278 g/mol. The molecule has 2 unspecified atom stereocenters. The summed E-state index contributed by atoms with van der Waals surface area (Å²) >= 11 is 0. The van der Waals surface area contributed by atoms with Crippen LogP contribution in [0.3, 0.4) is 0 Å². The molecule has 0 aromatic rings. The van der Waals surface area contributed by atoms with Gasteiger partial charge in [-0.15, -0.1) is 0 Å². The molecule has 1 saturated heterocycles. The quantitative estimate of drug-likeness (QED) is 0.592. The molecular weight excluding hydrogens is 241 g/mol. The zero-order valence-corrected chi connectivity index (χ0v) is 15.6. The first-order valence-corrected chi connectivity index (χ1v) is 8.39. The van der Waals surface area contributed by atoms with Crippen LogP contribution in [0.5, 0.6) is 0 Å². The summed E-state index contributed by atoms with van der Waals surface area (Å²) in [7, 11) is 2.44. The summed E-state index contributed by atoms with van der Waals surface area (Å²) in [4.78, 5) is 2.73. The summed E-state index contributed by atoms with van der Waals surface area (Å²) in [6, 6.07) is 0. The van der Waals surface area contributed by atoms with E-state index in [-0.39, 0.29) is 5.54 Å². The minimum Gasteiger partial charge on any atom is -0.298 e. The summed E-state index contributed by atoms with van der Waals surface area (Å²) < 4.78 is 0. The summed E-state index contributed by atoms with van der Waals surface area (Å²) in [5, 5.41) is 0.368. The van der Waals surface area contributed by atoms with E-state index >= 15 is 0 Å². The van der Waals surface area contributed by atoms with Crippen molar-refractivity contribution in [3.8, 4) is 0 Å². The predicted molar refractivity (Wildman–Crippen MR) is 92.7 cm³/mol. The van der Waals surface area contributed by atoms with Crippen molar-refractivity contribution in [3.05, 3.63) is 0 Å². The Hall–Kier alpha value is 0.0249. The molecule has 1 rings (SSSR count). The van der Waals surface area contributed by atoms with Crippen LogP contribution in [0.25, 0.3) is 0 Å². The second-order valence-electron chi connectivity index (χ2n) is 9.63. The van der Waals surface area contributed by atoms with E-state index in [0.717, 1.165) is 0 Å². The van der Waals surface area contributed by atoms with Crippen molar-refractivity contribution in [3.63, 3.8) is 0 Å². The molecule has 0 bridgehead atoms. The van der Waals surface area contributed by atoms with E-state index in [2.05, 4.69) is 74.4 Å². The minimum atomic E-state index is 0.244. The molecule has 0 amide bonds. The van der Waals surface area contributed by atoms with Gasteiger partial charge in [-0.1, -0.05) is 54.3 Å². The smallest absolute Gasteiger partial charge is 0.115 e. The van der Waals surface area contributed by atoms with Crippen LogP contribution in [0.1, 0.15) is 74.7 Å². The standard InChI is InChI=1S/C18H37BN/c1-15(2,3)17(7)11-10-12-18(8,19-9)14-20(13-17)16(4,5)6/h10-14H2,1-9H3. The Morgan fingerprint density at radius 2 is 1.45 bits per heavy atom. The Balaban J connectivity index is 3.08. The fourth-order valence-electron chi connectivity index (χ4n) is 3.28. The zero-order valence-electron chi connectivity index (χ0n) is 15.6. The van der Waals surface area contributed by atoms with E-state index in [1.54, 1.807) is 0 Å². The summed E-state index contributed by atoms with van der Waals surface area (Å²) in [5.74, 6) is 0. The van der Waals surface area contributed by atoms with Crippen LogP contribution in [0.2, 0.25) is 12.1 Å². The van der Waals surface area contributed by atoms with Crippen molar-refractivity contribution < 1.29 is 0 Å². The van der Waals surface area contributed by atoms with Gasteiger partial charge in [-0.2, -0.15) is 0 Å². The number of hydrogen-bond donors (Lipinski definition) is 0. The van der Waals surface area contributed by atoms with Gasteiger partial charge in [-0.05, 0) is 49.9 Å². The molecule has 0 aromatic heterocycles. The molecule has 20 heavy (non-hydrogen) atoms. The van der Waals surface area contributed by atoms with E-state index in [9.17, 15) is 0 Å². The van der Waals surface area contributed by atoms with Crippen molar-refractivity contribution in [1.29, 1.82) is 0 Å². The van der Waals surface area contributed by atoms with Crippen molar-refractivity contribution in [2.45, 2.75) is 92.3 Å². The molecule has 1 aliphatic heterocycles. The molecule has 1 heterocycles. The molecule has 1 radical (unpaired) electrons. The Bertz CT molecular complexity index is 325. The van der Waals surface area contributed by atoms with Gasteiger partial charge in [-0.3, -0.25) is 4.90 Å². The van der Waals surface area contributed by atoms with E-state index in [4.69, 9.17) is 0 Å². The lowest BCUT2D eigenvalue weighted by Crippen LogP contribution is -2.54. The number of likely N-dealkylation sites (tertiary alicyclic amines) is 1. The third-order valence-electron chi connectivity index (χ3n) is 6.02. The lowest BCUT2D eigenvalue weighted by molar-refractivity contribution is -0.0116. The van der Waals surface area contributed by atoms with Gasteiger partial charge in [0.1, 0.15) is 7.28 Å². The molecule has 2 atom stereocenters. The van der Waals surface area contributed by atoms with Crippen LogP contribution in [-0.2, 0) is 0 Å². The fraction of sp³-hybridized carbons (Fsp3) is 1.00. The Morgan fingerprint density at radius 1 is 0.900 bits per heavy atom. The molecule has 0 spiro atoms. The summed E-state index contributed by atoms with van der Waals surface area (Å²) in [5.41, 5.74) is 1.00. The van der Waals surface area contributed by atoms with Gasteiger partial charge in [0.15, 0.2) is 0 Å². The highest BCUT2D eigenvalue weighted by Crippen LogP contribution is 2.48. The zero-order chi connectivity index (χ0) is 15.8. The van der Waals surface area contributed by atoms with Crippen molar-refractivity contribution in [1.82, 2.24) is 4.90 Å². The molecule has 2 heteroatoms. The lowest BCUT2D eigenvalue weighted by atomic mass is 9.51. The van der Waals surface area contributed by atoms with Crippen LogP contribution >= 0.6 is 0 Å². The first-order valence-electron chi connectivity index (χ1n) is 8.39. The molecule has 117 valence electrons. The molecule has 0 N–H and O–H groups in total. The third kappa shape index (κ3) is 4.03. The van der Waals surface area contributed by atoms with Crippen LogP contribution in [0.4, 0.5) is 0 Å². The van der Waals surface area contributed by atoms with Crippen molar-refractivity contribution in [2.24, 2.45) is 10.8 Å². The van der Waals surface area contributed by atoms with Gasteiger partial charge < -0.3 is 0 Å². The SMILES string of the molecule is C[B]C1(C)CCCC(C)(C(C)(C)C)CN(C(C)(C)C)C1. The normalized spacial score (nSPS) is 34.5. The highest BCUT2D eigenvalue weighted by molar-refractivity contribution is 6.38. The number of nitrogens with zero attached hydrogens (tertiary/aromatic N) is 1. The minimum absolute atomic E-state index is 0.244. The maximum absolute atomic E-state index is 2.73. The van der Waals surface area contributed by atoms with Gasteiger partial charge in [0.2, 0.25) is 0 Å². The van der Waals surface area contributed by atoms with Crippen LogP contribution in [-0.4, -0.2) is 30.8 Å². The molecule has 1 fully saturated rings. The van der Waals surface area contributed by atoms with E-state index < -0.39 is 0 Å². The second-order valence-corrected chi connectivity index (χ2v) is 9.63. The van der Waals surface area contributed by atoms with Gasteiger partial charge in [0, 0.05) is 12.1 Å². The maximum Gasteiger partial charge on any atom is 0.115 e. The second kappa shape index (κ2) is 5.67. The van der Waals surface area contributed by atoms with Crippen LogP contribution < -0.4 is 0 Å². The Kier molecular flexibility index (Phi) is 5.12. The van der Waals surface area contributed by atoms with Gasteiger partial charge in [0.05, 0.1) is 0 Å². The molecule has 0 saturated carbocycles. The van der Waals surface area contributed by atoms with Gasteiger partial charge in [-0.25, -0.2) is 0 Å². The van der Waals surface area contributed by atoms with Gasteiger partial charge >= 0.3 is 0 Å². The summed E-state index contributed by atoms with van der Waals surface area (Å²) in [6.07, 6.45) is 4.01. The van der Waals surface area contributed by atoms with Crippen LogP contribution in [0, 0.1) is 10.8 Å². The lowest BCUT2D eigenvalue weighted by Gasteiger charge is -2.53. The van der Waals surface area contributed by atoms with Crippen molar-refractivity contribution >= 4 is 7.28 Å². The average Bonchev–Trinajstić information content (AvgIpc) is 2.23. The molecular formula is C18H37BN. The number of hydrogen-bond acceptors (Lipinski definition) is 1. The molecule has 1 aliphatic rings. The van der Waals surface area contributed by atoms with E-state index in [0.29, 0.717) is 16.1 Å². The number of rotatable bonds is 1. The third-order valence-corrected chi connectivity index (χ3v) is 6.02. The highest BCUT2D eigenvalue weighted by Gasteiger charge is 2.43. The van der Waals surface area contributed by atoms with E-state index in [1.807, 2.05) is 0 Å². The first-order chi connectivity index (χ1) is 8.83. The van der Waals surface area contributed by atoms with Gasteiger partial charge in [0.25, 0.3) is 0 Å². The molecule has 0 aliphatic carbocycles. The van der Waals surface area contributed by atoms with Crippen LogP contribution in [0.15, 0.2) is 0 Å². The first kappa shape index (κ1) is 18.1. The molecule has 1 nitrogen and oxygen atoms in total. The molecule has 0 aromatic carbocycles. The Labute approximate surface area is 129 Å². The predicted octanol–water partition coefficient (Wildman–Crippen LogP) is 5.25. The van der Waals surface area contributed by atoms with E-state index in [1.165, 1.54) is 32.4 Å².